The highest BCUT2D eigenvalue weighted by molar-refractivity contribution is 5.83. The van der Waals surface area contributed by atoms with E-state index >= 15 is 0 Å². The van der Waals surface area contributed by atoms with Gasteiger partial charge in [0.05, 0.1) is 18.3 Å². The fourth-order valence-electron chi connectivity index (χ4n) is 2.56. The number of hydrogen-bond acceptors (Lipinski definition) is 5. The largest absolute Gasteiger partial charge is 0.350 e. The molecule has 0 aliphatic heterocycles. The molecule has 0 unspecified atom stereocenters. The molecule has 0 saturated heterocycles. The van der Waals surface area contributed by atoms with Gasteiger partial charge in [-0.05, 0) is 58.2 Å². The zero-order valence-electron chi connectivity index (χ0n) is 19.3. The number of aliphatic imine (C=N–C) groups is 1. The number of halogens is 1. The molecule has 0 bridgehead atoms. The highest BCUT2D eigenvalue weighted by atomic mass is 19.1. The van der Waals surface area contributed by atoms with Gasteiger partial charge in [-0.2, -0.15) is 0 Å². The van der Waals surface area contributed by atoms with Crippen LogP contribution in [0.2, 0.25) is 0 Å². The van der Waals surface area contributed by atoms with Crippen LogP contribution < -0.4 is 5.32 Å². The molecular formula is C23H33FN6. The Morgan fingerprint density at radius 2 is 1.87 bits per heavy atom. The van der Waals surface area contributed by atoms with Crippen LogP contribution in [-0.4, -0.2) is 37.5 Å². The van der Waals surface area contributed by atoms with Gasteiger partial charge in [-0.25, -0.2) is 23.9 Å². The minimum atomic E-state index is -1.33. The number of fused-ring (bicyclic) bond motifs is 1. The molecule has 0 aliphatic rings. The maximum atomic E-state index is 13.6. The molecule has 3 aromatic heterocycles. The van der Waals surface area contributed by atoms with E-state index in [1.807, 2.05) is 39.2 Å². The Bertz CT molecular complexity index is 1010. The van der Waals surface area contributed by atoms with E-state index in [0.29, 0.717) is 5.95 Å². The van der Waals surface area contributed by atoms with Gasteiger partial charge in [0.1, 0.15) is 5.67 Å². The van der Waals surface area contributed by atoms with Crippen molar-refractivity contribution in [2.24, 2.45) is 10.9 Å². The van der Waals surface area contributed by atoms with Crippen LogP contribution in [0.25, 0.3) is 16.6 Å². The first-order chi connectivity index (χ1) is 14.0. The van der Waals surface area contributed by atoms with E-state index in [2.05, 4.69) is 52.2 Å². The van der Waals surface area contributed by atoms with Gasteiger partial charge < -0.3 is 5.32 Å². The molecule has 162 valence electrons. The van der Waals surface area contributed by atoms with Crippen LogP contribution in [0.3, 0.4) is 0 Å². The van der Waals surface area contributed by atoms with Crippen LogP contribution in [0.15, 0.2) is 35.7 Å². The lowest BCUT2D eigenvalue weighted by Gasteiger charge is -2.14. The molecule has 0 aromatic carbocycles. The number of hydrogen-bond donors (Lipinski definition) is 1. The van der Waals surface area contributed by atoms with Crippen molar-refractivity contribution in [2.75, 3.05) is 11.9 Å². The summed E-state index contributed by atoms with van der Waals surface area (Å²) in [7, 11) is 0. The first kappa shape index (κ1) is 23.4. The van der Waals surface area contributed by atoms with Gasteiger partial charge in [0.15, 0.2) is 5.82 Å². The van der Waals surface area contributed by atoms with Crippen LogP contribution in [0.4, 0.5) is 16.2 Å². The average Bonchev–Trinajstić information content (AvgIpc) is 3.03. The quantitative estimate of drug-likeness (QED) is 0.519. The molecule has 0 saturated carbocycles. The molecule has 0 aliphatic carbocycles. The van der Waals surface area contributed by atoms with Crippen molar-refractivity contribution < 1.29 is 4.39 Å². The lowest BCUT2D eigenvalue weighted by molar-refractivity contribution is 0.234. The molecule has 3 rings (SSSR count). The fraction of sp³-hybridized carbons (Fsp3) is 0.478. The first-order valence-corrected chi connectivity index (χ1v) is 10.2. The third-order valence-electron chi connectivity index (χ3n) is 3.77. The van der Waals surface area contributed by atoms with Crippen molar-refractivity contribution in [3.63, 3.8) is 0 Å². The zero-order chi connectivity index (χ0) is 22.5. The van der Waals surface area contributed by atoms with Crippen molar-refractivity contribution in [1.82, 2.24) is 19.6 Å². The minimum absolute atomic E-state index is 0.147. The van der Waals surface area contributed by atoms with Crippen LogP contribution in [0.1, 0.15) is 54.0 Å². The minimum Gasteiger partial charge on any atom is -0.350 e. The van der Waals surface area contributed by atoms with E-state index in [-0.39, 0.29) is 6.54 Å². The molecule has 0 spiro atoms. The predicted molar refractivity (Wildman–Crippen MR) is 124 cm³/mol. The summed E-state index contributed by atoms with van der Waals surface area (Å²) in [5.74, 6) is 1.96. The smallest absolute Gasteiger partial charge is 0.241 e. The Labute approximate surface area is 178 Å². The van der Waals surface area contributed by atoms with E-state index in [4.69, 9.17) is 0 Å². The second-order valence-electron chi connectivity index (χ2n) is 8.87. The number of nitrogens with zero attached hydrogens (tertiary/aromatic N) is 5. The summed E-state index contributed by atoms with van der Waals surface area (Å²) in [6, 6.07) is 4.03. The average molecular weight is 413 g/mol. The summed E-state index contributed by atoms with van der Waals surface area (Å²) in [6.07, 6.45) is 5.39. The van der Waals surface area contributed by atoms with E-state index < -0.39 is 5.67 Å². The van der Waals surface area contributed by atoms with Crippen molar-refractivity contribution in [2.45, 2.75) is 61.1 Å². The van der Waals surface area contributed by atoms with Gasteiger partial charge in [-0.1, -0.05) is 20.8 Å². The van der Waals surface area contributed by atoms with Gasteiger partial charge in [-0.3, -0.25) is 0 Å². The highest BCUT2D eigenvalue weighted by Crippen LogP contribution is 2.28. The normalized spacial score (nSPS) is 11.3. The fourth-order valence-corrected chi connectivity index (χ4v) is 2.56. The summed E-state index contributed by atoms with van der Waals surface area (Å²) in [6.45, 7) is 15.6. The Kier molecular flexibility index (Phi) is 7.65. The molecule has 0 fully saturated rings. The summed E-state index contributed by atoms with van der Waals surface area (Å²) >= 11 is 0. The molecule has 30 heavy (non-hydrogen) atoms. The maximum absolute atomic E-state index is 13.6. The number of pyridine rings is 1. The second kappa shape index (κ2) is 9.78. The molecule has 6 nitrogen and oxygen atoms in total. The monoisotopic (exact) mass is 412 g/mol. The number of anilines is 1. The van der Waals surface area contributed by atoms with Crippen LogP contribution in [0, 0.1) is 12.8 Å². The second-order valence-corrected chi connectivity index (χ2v) is 8.87. The van der Waals surface area contributed by atoms with Gasteiger partial charge in [0.25, 0.3) is 0 Å². The third-order valence-corrected chi connectivity index (χ3v) is 3.77. The van der Waals surface area contributed by atoms with E-state index in [9.17, 15) is 4.39 Å². The third kappa shape index (κ3) is 6.90. The molecule has 3 aromatic rings. The number of aryl methyl sites for hydroxylation is 1. The standard InChI is InChI=1S/C19H23FN6.C4H10/c1-12(2)24-17-13(3)8-14(9-21-17)15-6-7-26-16(15)10-22-18(25-26)23-11-19(4,5)20;1-4(2)3/h6-10H,11H2,1-5H3,(H,23,25);4H,1-3H3. The molecule has 0 atom stereocenters. The predicted octanol–water partition coefficient (Wildman–Crippen LogP) is 6.03. The van der Waals surface area contributed by atoms with Crippen molar-refractivity contribution in [3.8, 4) is 11.1 Å². The highest BCUT2D eigenvalue weighted by Gasteiger charge is 2.16. The number of rotatable bonds is 5. The van der Waals surface area contributed by atoms with Crippen LogP contribution in [0.5, 0.6) is 0 Å². The number of alkyl halides is 1. The van der Waals surface area contributed by atoms with E-state index in [0.717, 1.165) is 39.7 Å². The van der Waals surface area contributed by atoms with Crippen molar-refractivity contribution >= 4 is 23.0 Å². The zero-order valence-corrected chi connectivity index (χ0v) is 19.3. The molecule has 3 heterocycles. The molecule has 7 heteroatoms. The van der Waals surface area contributed by atoms with E-state index in [1.165, 1.54) is 13.8 Å². The van der Waals surface area contributed by atoms with Gasteiger partial charge in [0.2, 0.25) is 5.95 Å². The Hall–Kier alpha value is -2.83. The topological polar surface area (TPSA) is 67.5 Å². The van der Waals surface area contributed by atoms with Crippen LogP contribution >= 0.6 is 0 Å². The Morgan fingerprint density at radius 3 is 2.43 bits per heavy atom. The summed E-state index contributed by atoms with van der Waals surface area (Å²) in [4.78, 5) is 13.2. The molecular weight excluding hydrogens is 379 g/mol. The SMILES string of the molecule is CC(C)=Nc1ncc(-c2ccn3nc(NCC(C)(C)F)ncc23)cc1C.CC(C)C. The van der Waals surface area contributed by atoms with Crippen molar-refractivity contribution in [3.05, 3.63) is 36.3 Å². The van der Waals surface area contributed by atoms with E-state index in [1.54, 1.807) is 10.7 Å². The van der Waals surface area contributed by atoms with Gasteiger partial charge >= 0.3 is 0 Å². The number of aromatic nitrogens is 4. The van der Waals surface area contributed by atoms with Gasteiger partial charge in [0, 0.05) is 29.2 Å². The van der Waals surface area contributed by atoms with Gasteiger partial charge in [-0.15, -0.1) is 5.10 Å². The molecule has 0 radical (unpaired) electrons. The maximum Gasteiger partial charge on any atom is 0.241 e. The summed E-state index contributed by atoms with van der Waals surface area (Å²) < 4.78 is 15.4. The first-order valence-electron chi connectivity index (χ1n) is 10.2. The number of nitrogens with one attached hydrogen (secondary N) is 1. The lowest BCUT2D eigenvalue weighted by Crippen LogP contribution is -2.25. The Morgan fingerprint density at radius 1 is 1.20 bits per heavy atom. The molecule has 0 amide bonds. The van der Waals surface area contributed by atoms with Crippen molar-refractivity contribution in [1.29, 1.82) is 0 Å². The summed E-state index contributed by atoms with van der Waals surface area (Å²) in [5.41, 5.74) is 3.47. The Balaban J connectivity index is 0.000000735. The molecule has 1 N–H and O–H groups in total. The lowest BCUT2D eigenvalue weighted by atomic mass is 10.1. The van der Waals surface area contributed by atoms with Crippen LogP contribution in [-0.2, 0) is 0 Å². The summed E-state index contributed by atoms with van der Waals surface area (Å²) in [5, 5.41) is 7.30.